The number of nitrogens with one attached hydrogen (secondary N) is 1. The second-order valence-electron chi connectivity index (χ2n) is 5.02. The van der Waals surface area contributed by atoms with Crippen LogP contribution in [0.3, 0.4) is 0 Å². The summed E-state index contributed by atoms with van der Waals surface area (Å²) in [6.07, 6.45) is -0.222. The second-order valence-corrected chi connectivity index (χ2v) is 5.02. The van der Waals surface area contributed by atoms with Crippen LogP contribution in [-0.2, 0) is 14.3 Å². The van der Waals surface area contributed by atoms with Gasteiger partial charge in [-0.1, -0.05) is 0 Å². The van der Waals surface area contributed by atoms with Gasteiger partial charge >= 0.3 is 5.97 Å². The Kier molecular flexibility index (Phi) is 7.43. The topological polar surface area (TPSA) is 58.6 Å². The van der Waals surface area contributed by atoms with Gasteiger partial charge in [0.25, 0.3) is 6.43 Å². The van der Waals surface area contributed by atoms with Crippen molar-refractivity contribution < 1.29 is 23.1 Å². The van der Waals surface area contributed by atoms with Crippen molar-refractivity contribution in [3.8, 4) is 0 Å². The highest BCUT2D eigenvalue weighted by molar-refractivity contribution is 5.77. The van der Waals surface area contributed by atoms with Gasteiger partial charge in [-0.25, -0.2) is 8.78 Å². The lowest BCUT2D eigenvalue weighted by molar-refractivity contribution is -0.140. The van der Waals surface area contributed by atoms with Crippen molar-refractivity contribution in [1.82, 2.24) is 10.2 Å². The third-order valence-corrected chi connectivity index (χ3v) is 3.46. The molecule has 7 heteroatoms. The van der Waals surface area contributed by atoms with E-state index >= 15 is 0 Å². The van der Waals surface area contributed by atoms with Crippen molar-refractivity contribution in [2.24, 2.45) is 5.92 Å². The fourth-order valence-corrected chi connectivity index (χ4v) is 2.31. The average Bonchev–Trinajstić information content (AvgIpc) is 2.40. The van der Waals surface area contributed by atoms with Gasteiger partial charge in [0.05, 0.1) is 20.1 Å². The summed E-state index contributed by atoms with van der Waals surface area (Å²) in [6, 6.07) is 0. The van der Waals surface area contributed by atoms with Gasteiger partial charge in [-0.05, 0) is 31.8 Å². The standard InChI is InChI=1S/C13H22F2N2O3/c1-20-13(19)2-5-16-12(18)8-10-3-6-17(7-4-10)9-11(14)15/h10-11H,2-9H2,1H3,(H,16,18). The summed E-state index contributed by atoms with van der Waals surface area (Å²) in [5, 5.41) is 2.67. The van der Waals surface area contributed by atoms with Gasteiger partial charge in [-0.15, -0.1) is 0 Å². The third-order valence-electron chi connectivity index (χ3n) is 3.46. The van der Waals surface area contributed by atoms with Gasteiger partial charge < -0.3 is 10.1 Å². The number of amides is 1. The van der Waals surface area contributed by atoms with E-state index in [0.717, 1.165) is 12.8 Å². The molecule has 1 fully saturated rings. The smallest absolute Gasteiger partial charge is 0.307 e. The van der Waals surface area contributed by atoms with E-state index in [1.807, 2.05) is 0 Å². The van der Waals surface area contributed by atoms with Crippen LogP contribution in [0.25, 0.3) is 0 Å². The number of halogens is 2. The number of ether oxygens (including phenoxy) is 1. The molecular formula is C13H22F2N2O3. The monoisotopic (exact) mass is 292 g/mol. The summed E-state index contributed by atoms with van der Waals surface area (Å²) in [6.45, 7) is 1.32. The molecule has 5 nitrogen and oxygen atoms in total. The van der Waals surface area contributed by atoms with Crippen LogP contribution >= 0.6 is 0 Å². The first-order valence-corrected chi connectivity index (χ1v) is 6.85. The summed E-state index contributed by atoms with van der Waals surface area (Å²) >= 11 is 0. The Labute approximate surface area is 117 Å². The van der Waals surface area contributed by atoms with Crippen LogP contribution in [0.5, 0.6) is 0 Å². The minimum Gasteiger partial charge on any atom is -0.469 e. The fraction of sp³-hybridized carbons (Fsp3) is 0.846. The van der Waals surface area contributed by atoms with E-state index in [1.54, 1.807) is 4.90 Å². The molecule has 0 aromatic heterocycles. The van der Waals surface area contributed by atoms with Crippen molar-refractivity contribution in [3.63, 3.8) is 0 Å². The number of nitrogens with zero attached hydrogens (tertiary/aromatic N) is 1. The Balaban J connectivity index is 2.13. The number of methoxy groups -OCH3 is 1. The first kappa shape index (κ1) is 16.8. The van der Waals surface area contributed by atoms with Gasteiger partial charge in [0, 0.05) is 13.0 Å². The van der Waals surface area contributed by atoms with Crippen LogP contribution < -0.4 is 5.32 Å². The summed E-state index contributed by atoms with van der Waals surface area (Å²) in [5.41, 5.74) is 0. The van der Waals surface area contributed by atoms with E-state index < -0.39 is 6.43 Å². The molecule has 0 aromatic carbocycles. The van der Waals surface area contributed by atoms with Gasteiger partial charge in [0.1, 0.15) is 0 Å². The number of rotatable bonds is 7. The molecule has 0 unspecified atom stereocenters. The van der Waals surface area contributed by atoms with E-state index in [-0.39, 0.29) is 37.3 Å². The van der Waals surface area contributed by atoms with Crippen LogP contribution in [0.15, 0.2) is 0 Å². The molecule has 0 bridgehead atoms. The average molecular weight is 292 g/mol. The maximum absolute atomic E-state index is 12.2. The highest BCUT2D eigenvalue weighted by atomic mass is 19.3. The predicted octanol–water partition coefficient (Wildman–Crippen LogP) is 1.03. The van der Waals surface area contributed by atoms with Crippen molar-refractivity contribution in [3.05, 3.63) is 0 Å². The minimum atomic E-state index is -2.30. The van der Waals surface area contributed by atoms with Crippen molar-refractivity contribution in [1.29, 1.82) is 0 Å². The summed E-state index contributed by atoms with van der Waals surface area (Å²) in [7, 11) is 1.30. The van der Waals surface area contributed by atoms with Crippen molar-refractivity contribution in [2.75, 3.05) is 33.3 Å². The van der Waals surface area contributed by atoms with Crippen molar-refractivity contribution in [2.45, 2.75) is 32.1 Å². The number of hydrogen-bond donors (Lipinski definition) is 1. The number of alkyl halides is 2. The maximum atomic E-state index is 12.2. The van der Waals surface area contributed by atoms with E-state index in [4.69, 9.17) is 0 Å². The highest BCUT2D eigenvalue weighted by Crippen LogP contribution is 2.20. The van der Waals surface area contributed by atoms with Crippen LogP contribution in [0.1, 0.15) is 25.7 Å². The van der Waals surface area contributed by atoms with Crippen LogP contribution in [-0.4, -0.2) is 56.5 Å². The summed E-state index contributed by atoms with van der Waals surface area (Å²) in [5.74, 6) is -0.214. The first-order chi connectivity index (χ1) is 9.51. The van der Waals surface area contributed by atoms with Gasteiger partial charge in [-0.3, -0.25) is 14.5 Å². The van der Waals surface area contributed by atoms with E-state index in [0.29, 0.717) is 19.5 Å². The van der Waals surface area contributed by atoms with Crippen LogP contribution in [0.4, 0.5) is 8.78 Å². The van der Waals surface area contributed by atoms with Gasteiger partial charge in [0.2, 0.25) is 5.91 Å². The quantitative estimate of drug-likeness (QED) is 0.712. The molecule has 1 N–H and O–H groups in total. The molecule has 1 heterocycles. The molecule has 0 spiro atoms. The zero-order valence-corrected chi connectivity index (χ0v) is 11.7. The number of likely N-dealkylation sites (tertiary alicyclic amines) is 1. The van der Waals surface area contributed by atoms with E-state index in [2.05, 4.69) is 10.1 Å². The van der Waals surface area contributed by atoms with Crippen LogP contribution in [0.2, 0.25) is 0 Å². The minimum absolute atomic E-state index is 0.0961. The van der Waals surface area contributed by atoms with Gasteiger partial charge in [-0.2, -0.15) is 0 Å². The van der Waals surface area contributed by atoms with Crippen molar-refractivity contribution >= 4 is 11.9 Å². The predicted molar refractivity (Wildman–Crippen MR) is 69.4 cm³/mol. The number of carbonyl (C=O) groups is 2. The first-order valence-electron chi connectivity index (χ1n) is 6.85. The lowest BCUT2D eigenvalue weighted by Gasteiger charge is -2.31. The molecule has 1 aliphatic heterocycles. The lowest BCUT2D eigenvalue weighted by Crippen LogP contribution is -2.38. The molecule has 0 aliphatic carbocycles. The molecule has 116 valence electrons. The largest absolute Gasteiger partial charge is 0.469 e. The maximum Gasteiger partial charge on any atom is 0.307 e. The normalized spacial score (nSPS) is 17.2. The molecular weight excluding hydrogens is 270 g/mol. The fourth-order valence-electron chi connectivity index (χ4n) is 2.31. The van der Waals surface area contributed by atoms with E-state index in [1.165, 1.54) is 7.11 Å². The highest BCUT2D eigenvalue weighted by Gasteiger charge is 2.23. The Morgan fingerprint density at radius 1 is 1.35 bits per heavy atom. The molecule has 0 aromatic rings. The Hall–Kier alpha value is -1.24. The number of carbonyl (C=O) groups excluding carboxylic acids is 2. The molecule has 1 amide bonds. The molecule has 0 atom stereocenters. The molecule has 20 heavy (non-hydrogen) atoms. The lowest BCUT2D eigenvalue weighted by atomic mass is 9.93. The van der Waals surface area contributed by atoms with Gasteiger partial charge in [0.15, 0.2) is 0 Å². The zero-order chi connectivity index (χ0) is 15.0. The number of hydrogen-bond acceptors (Lipinski definition) is 4. The number of esters is 1. The van der Waals surface area contributed by atoms with E-state index in [9.17, 15) is 18.4 Å². The molecule has 1 aliphatic rings. The zero-order valence-electron chi connectivity index (χ0n) is 11.7. The molecule has 0 saturated carbocycles. The summed E-state index contributed by atoms with van der Waals surface area (Å²) < 4.78 is 28.9. The van der Waals surface area contributed by atoms with Crippen LogP contribution in [0, 0.1) is 5.92 Å². The Bertz CT molecular complexity index is 319. The third kappa shape index (κ3) is 6.79. The Morgan fingerprint density at radius 2 is 2.00 bits per heavy atom. The number of piperidine rings is 1. The Morgan fingerprint density at radius 3 is 2.55 bits per heavy atom. The molecule has 1 saturated heterocycles. The molecule has 0 radical (unpaired) electrons. The summed E-state index contributed by atoms with van der Waals surface area (Å²) in [4.78, 5) is 24.2. The SMILES string of the molecule is COC(=O)CCNC(=O)CC1CCN(CC(F)F)CC1. The second kappa shape index (κ2) is 8.84. The molecule has 1 rings (SSSR count).